The number of ether oxygens (including phenoxy) is 1. The second-order valence-electron chi connectivity index (χ2n) is 6.02. The third-order valence-corrected chi connectivity index (χ3v) is 5.14. The molecule has 1 unspecified atom stereocenters. The van der Waals surface area contributed by atoms with Crippen LogP contribution in [0.1, 0.15) is 22.3 Å². The van der Waals surface area contributed by atoms with Crippen LogP contribution in [0.5, 0.6) is 5.75 Å². The molecule has 1 atom stereocenters. The van der Waals surface area contributed by atoms with Gasteiger partial charge in [-0.3, -0.25) is 4.79 Å². The van der Waals surface area contributed by atoms with Crippen molar-refractivity contribution in [1.82, 2.24) is 4.90 Å². The lowest BCUT2D eigenvalue weighted by molar-refractivity contribution is 0.0782. The van der Waals surface area contributed by atoms with E-state index in [0.717, 1.165) is 29.5 Å². The zero-order valence-corrected chi connectivity index (χ0v) is 15.0. The Hall–Kier alpha value is -1.85. The minimum Gasteiger partial charge on any atom is -0.488 e. The highest BCUT2D eigenvalue weighted by molar-refractivity contribution is 9.10. The van der Waals surface area contributed by atoms with Gasteiger partial charge in [0.05, 0.1) is 5.56 Å². The molecule has 126 valence electrons. The number of carbonyl (C=O) groups excluding carboxylic acids is 1. The van der Waals surface area contributed by atoms with Crippen molar-refractivity contribution in [3.05, 3.63) is 64.1 Å². The lowest BCUT2D eigenvalue weighted by Gasteiger charge is -2.18. The smallest absolute Gasteiger partial charge is 0.257 e. The summed E-state index contributed by atoms with van der Waals surface area (Å²) in [4.78, 5) is 14.7. The van der Waals surface area contributed by atoms with Gasteiger partial charge in [-0.15, -0.1) is 0 Å². The second kappa shape index (κ2) is 7.81. The lowest BCUT2D eigenvalue weighted by atomic mass is 10.1. The minimum atomic E-state index is 0.0219. The van der Waals surface area contributed by atoms with Gasteiger partial charge in [-0.2, -0.15) is 0 Å². The van der Waals surface area contributed by atoms with Crippen LogP contribution in [0.3, 0.4) is 0 Å². The van der Waals surface area contributed by atoms with E-state index in [1.807, 2.05) is 53.4 Å². The van der Waals surface area contributed by atoms with Crippen LogP contribution in [-0.4, -0.2) is 30.4 Å². The Kier molecular flexibility index (Phi) is 5.53. The Morgan fingerprint density at radius 3 is 2.71 bits per heavy atom. The summed E-state index contributed by atoms with van der Waals surface area (Å²) in [6.07, 6.45) is 0.974. The molecule has 0 aromatic heterocycles. The number of halogens is 1. The Labute approximate surface area is 150 Å². The van der Waals surface area contributed by atoms with Crippen molar-refractivity contribution in [3.8, 4) is 5.75 Å². The van der Waals surface area contributed by atoms with Gasteiger partial charge in [0.25, 0.3) is 5.91 Å². The number of hydrogen-bond acceptors (Lipinski definition) is 3. The third kappa shape index (κ3) is 3.79. The van der Waals surface area contributed by atoms with Gasteiger partial charge in [0.15, 0.2) is 0 Å². The Morgan fingerprint density at radius 2 is 1.96 bits per heavy atom. The molecule has 3 rings (SSSR count). The summed E-state index contributed by atoms with van der Waals surface area (Å²) in [5.41, 5.74) is 7.38. The van der Waals surface area contributed by atoms with Crippen LogP contribution in [0.4, 0.5) is 0 Å². The molecule has 1 saturated heterocycles. The van der Waals surface area contributed by atoms with Crippen molar-refractivity contribution in [2.75, 3.05) is 19.6 Å². The highest BCUT2D eigenvalue weighted by atomic mass is 79.9. The topological polar surface area (TPSA) is 55.6 Å². The highest BCUT2D eigenvalue weighted by Crippen LogP contribution is 2.25. The summed E-state index contributed by atoms with van der Waals surface area (Å²) in [5, 5.41) is 0. The molecule has 0 aliphatic carbocycles. The summed E-state index contributed by atoms with van der Waals surface area (Å²) < 4.78 is 6.93. The molecule has 0 saturated carbocycles. The maximum atomic E-state index is 12.8. The van der Waals surface area contributed by atoms with Gasteiger partial charge in [0.2, 0.25) is 0 Å². The van der Waals surface area contributed by atoms with E-state index in [-0.39, 0.29) is 5.91 Å². The molecule has 4 nitrogen and oxygen atoms in total. The largest absolute Gasteiger partial charge is 0.488 e. The van der Waals surface area contributed by atoms with Crippen molar-refractivity contribution in [1.29, 1.82) is 0 Å². The van der Waals surface area contributed by atoms with Crippen LogP contribution in [0.2, 0.25) is 0 Å². The lowest BCUT2D eigenvalue weighted by Crippen LogP contribution is -2.30. The number of likely N-dealkylation sites (tertiary alicyclic amines) is 1. The van der Waals surface area contributed by atoms with Crippen LogP contribution < -0.4 is 10.5 Å². The average Bonchev–Trinajstić information content (AvgIpc) is 3.10. The fourth-order valence-corrected chi connectivity index (χ4v) is 3.32. The van der Waals surface area contributed by atoms with Crippen LogP contribution >= 0.6 is 15.9 Å². The predicted molar refractivity (Wildman–Crippen MR) is 98.0 cm³/mol. The van der Waals surface area contributed by atoms with E-state index in [1.165, 1.54) is 0 Å². The molecule has 2 aromatic rings. The molecule has 24 heavy (non-hydrogen) atoms. The fraction of sp³-hybridized carbons (Fsp3) is 0.316. The van der Waals surface area contributed by atoms with Gasteiger partial charge < -0.3 is 15.4 Å². The second-order valence-corrected chi connectivity index (χ2v) is 6.87. The molecule has 2 N–H and O–H groups in total. The molecule has 1 aliphatic heterocycles. The molecule has 5 heteroatoms. The van der Waals surface area contributed by atoms with E-state index < -0.39 is 0 Å². The van der Waals surface area contributed by atoms with E-state index in [0.29, 0.717) is 30.4 Å². The first kappa shape index (κ1) is 17.0. The van der Waals surface area contributed by atoms with E-state index in [4.69, 9.17) is 10.5 Å². The van der Waals surface area contributed by atoms with Gasteiger partial charge in [0, 0.05) is 23.1 Å². The highest BCUT2D eigenvalue weighted by Gasteiger charge is 2.27. The Bertz CT molecular complexity index is 720. The molecule has 2 aromatic carbocycles. The van der Waals surface area contributed by atoms with Gasteiger partial charge >= 0.3 is 0 Å². The number of para-hydroxylation sites is 1. The zero-order chi connectivity index (χ0) is 16.9. The number of nitrogens with two attached hydrogens (primary N) is 1. The van der Waals surface area contributed by atoms with Gasteiger partial charge in [0.1, 0.15) is 12.4 Å². The standard InChI is InChI=1S/C19H21BrN2O2/c20-17-7-3-1-5-15(17)13-24-18-8-4-2-6-16(18)19(23)22-10-9-14(11-21)12-22/h1-8,14H,9-13,21H2. The van der Waals surface area contributed by atoms with E-state index in [9.17, 15) is 4.79 Å². The summed E-state index contributed by atoms with van der Waals surface area (Å²) in [5.74, 6) is 1.05. The third-order valence-electron chi connectivity index (χ3n) is 4.36. The molecule has 1 amide bonds. The van der Waals surface area contributed by atoms with Crippen molar-refractivity contribution < 1.29 is 9.53 Å². The van der Waals surface area contributed by atoms with Gasteiger partial charge in [-0.25, -0.2) is 0 Å². The first-order valence-corrected chi connectivity index (χ1v) is 8.93. The molecule has 1 aliphatic rings. The van der Waals surface area contributed by atoms with Crippen molar-refractivity contribution in [2.45, 2.75) is 13.0 Å². The molecule has 1 fully saturated rings. The van der Waals surface area contributed by atoms with Crippen LogP contribution in [-0.2, 0) is 6.61 Å². The normalized spacial score (nSPS) is 17.1. The summed E-state index contributed by atoms with van der Waals surface area (Å²) >= 11 is 3.52. The number of hydrogen-bond donors (Lipinski definition) is 1. The van der Waals surface area contributed by atoms with E-state index in [2.05, 4.69) is 15.9 Å². The van der Waals surface area contributed by atoms with Gasteiger partial charge in [-0.05, 0) is 37.1 Å². The van der Waals surface area contributed by atoms with Crippen LogP contribution in [0.25, 0.3) is 0 Å². The van der Waals surface area contributed by atoms with Crippen LogP contribution in [0, 0.1) is 5.92 Å². The van der Waals surface area contributed by atoms with Crippen molar-refractivity contribution >= 4 is 21.8 Å². The number of benzene rings is 2. The average molecular weight is 389 g/mol. The zero-order valence-electron chi connectivity index (χ0n) is 13.5. The van der Waals surface area contributed by atoms with Crippen molar-refractivity contribution in [3.63, 3.8) is 0 Å². The maximum Gasteiger partial charge on any atom is 0.257 e. The molecular formula is C19H21BrN2O2. The number of amides is 1. The monoisotopic (exact) mass is 388 g/mol. The first-order valence-electron chi connectivity index (χ1n) is 8.13. The van der Waals surface area contributed by atoms with E-state index in [1.54, 1.807) is 0 Å². The Morgan fingerprint density at radius 1 is 1.21 bits per heavy atom. The molecule has 0 bridgehead atoms. The fourth-order valence-electron chi connectivity index (χ4n) is 2.92. The molecule has 0 spiro atoms. The summed E-state index contributed by atoms with van der Waals surface area (Å²) in [6, 6.07) is 15.3. The van der Waals surface area contributed by atoms with Crippen molar-refractivity contribution in [2.24, 2.45) is 11.7 Å². The number of carbonyl (C=O) groups is 1. The molecule has 0 radical (unpaired) electrons. The minimum absolute atomic E-state index is 0.0219. The quantitative estimate of drug-likeness (QED) is 0.852. The summed E-state index contributed by atoms with van der Waals surface area (Å²) in [6.45, 7) is 2.54. The molecule has 1 heterocycles. The number of nitrogens with zero attached hydrogens (tertiary/aromatic N) is 1. The summed E-state index contributed by atoms with van der Waals surface area (Å²) in [7, 11) is 0. The maximum absolute atomic E-state index is 12.8. The SMILES string of the molecule is NCC1CCN(C(=O)c2ccccc2OCc2ccccc2Br)C1. The first-order chi connectivity index (χ1) is 11.7. The number of rotatable bonds is 5. The van der Waals surface area contributed by atoms with Crippen LogP contribution in [0.15, 0.2) is 53.0 Å². The Balaban J connectivity index is 1.73. The van der Waals surface area contributed by atoms with Gasteiger partial charge in [-0.1, -0.05) is 46.3 Å². The van der Waals surface area contributed by atoms with E-state index >= 15 is 0 Å². The molecular weight excluding hydrogens is 368 g/mol. The predicted octanol–water partition coefficient (Wildman–Crippen LogP) is 3.45.